The molecule has 0 radical (unpaired) electrons. The number of hydrogen-bond acceptors (Lipinski definition) is 6. The first-order chi connectivity index (χ1) is 15.0. The van der Waals surface area contributed by atoms with Crippen molar-refractivity contribution >= 4 is 17.5 Å². The molecular weight excluding hydrogens is 394 g/mol. The van der Waals surface area contributed by atoms with E-state index in [1.54, 1.807) is 12.1 Å². The minimum absolute atomic E-state index is 0.0717. The van der Waals surface area contributed by atoms with Crippen LogP contribution in [0.15, 0.2) is 24.3 Å². The lowest BCUT2D eigenvalue weighted by Gasteiger charge is -2.32. The molecule has 172 valence electrons. The molecule has 0 atom stereocenters. The van der Waals surface area contributed by atoms with E-state index in [-0.39, 0.29) is 6.04 Å². The van der Waals surface area contributed by atoms with Crippen molar-refractivity contribution in [2.75, 3.05) is 71.3 Å². The van der Waals surface area contributed by atoms with Gasteiger partial charge in [-0.25, -0.2) is 0 Å². The average Bonchev–Trinajstić information content (AvgIpc) is 2.78. The summed E-state index contributed by atoms with van der Waals surface area (Å²) in [7, 11) is 2.15. The standard InChI is InChI=1S/C23H37N5O3/c1-3-10-27-11-8-20(9-12-27)25-23(30)22(29)24-19-4-6-21(7-5-19)31-18-17-28-15-13-26(2)14-16-28/h4-7,20H,3,8-18H2,1-2H3,(H,24,29)(H,25,30). The molecule has 2 aliphatic heterocycles. The smallest absolute Gasteiger partial charge is 0.313 e. The molecule has 1 aromatic carbocycles. The van der Waals surface area contributed by atoms with Gasteiger partial charge in [-0.05, 0) is 57.1 Å². The molecule has 8 heteroatoms. The highest BCUT2D eigenvalue weighted by Gasteiger charge is 2.23. The van der Waals surface area contributed by atoms with Crippen molar-refractivity contribution in [3.05, 3.63) is 24.3 Å². The lowest BCUT2D eigenvalue weighted by molar-refractivity contribution is -0.136. The molecule has 1 aromatic rings. The predicted molar refractivity (Wildman–Crippen MR) is 122 cm³/mol. The zero-order valence-corrected chi connectivity index (χ0v) is 18.9. The van der Waals surface area contributed by atoms with Crippen molar-refractivity contribution in [2.45, 2.75) is 32.2 Å². The van der Waals surface area contributed by atoms with Crippen LogP contribution in [0.25, 0.3) is 0 Å². The molecule has 8 nitrogen and oxygen atoms in total. The van der Waals surface area contributed by atoms with Gasteiger partial charge in [0.1, 0.15) is 12.4 Å². The number of likely N-dealkylation sites (N-methyl/N-ethyl adjacent to an activating group) is 1. The van der Waals surface area contributed by atoms with Gasteiger partial charge in [0.15, 0.2) is 0 Å². The average molecular weight is 432 g/mol. The Morgan fingerprint density at radius 2 is 1.58 bits per heavy atom. The number of carbonyl (C=O) groups is 2. The van der Waals surface area contributed by atoms with Crippen molar-refractivity contribution in [2.24, 2.45) is 0 Å². The van der Waals surface area contributed by atoms with Crippen LogP contribution in [0.2, 0.25) is 0 Å². The minimum Gasteiger partial charge on any atom is -0.492 e. The Labute approximate surface area is 185 Å². The zero-order valence-electron chi connectivity index (χ0n) is 18.9. The molecule has 3 rings (SSSR count). The predicted octanol–water partition coefficient (Wildman–Crippen LogP) is 1.24. The number of piperidine rings is 1. The van der Waals surface area contributed by atoms with Crippen LogP contribution in [0, 0.1) is 0 Å². The summed E-state index contributed by atoms with van der Waals surface area (Å²) in [6.07, 6.45) is 2.91. The summed E-state index contributed by atoms with van der Waals surface area (Å²) in [5.41, 5.74) is 0.587. The number of piperazine rings is 1. The van der Waals surface area contributed by atoms with Crippen molar-refractivity contribution in [1.82, 2.24) is 20.0 Å². The Morgan fingerprint density at radius 1 is 0.935 bits per heavy atom. The molecule has 0 saturated carbocycles. The molecule has 0 aromatic heterocycles. The molecule has 2 heterocycles. The van der Waals surface area contributed by atoms with Crippen LogP contribution in [0.4, 0.5) is 5.69 Å². The van der Waals surface area contributed by atoms with E-state index in [0.717, 1.165) is 77.4 Å². The van der Waals surface area contributed by atoms with E-state index in [2.05, 4.69) is 39.3 Å². The van der Waals surface area contributed by atoms with Gasteiger partial charge in [0.2, 0.25) is 0 Å². The van der Waals surface area contributed by atoms with Gasteiger partial charge < -0.3 is 25.2 Å². The van der Waals surface area contributed by atoms with Crippen LogP contribution < -0.4 is 15.4 Å². The fourth-order valence-electron chi connectivity index (χ4n) is 4.05. The third-order valence-corrected chi connectivity index (χ3v) is 6.05. The topological polar surface area (TPSA) is 77.1 Å². The normalized spacial score (nSPS) is 19.2. The molecule has 0 spiro atoms. The van der Waals surface area contributed by atoms with Crippen molar-refractivity contribution in [3.63, 3.8) is 0 Å². The molecule has 2 aliphatic rings. The number of anilines is 1. The maximum absolute atomic E-state index is 12.2. The summed E-state index contributed by atoms with van der Waals surface area (Å²) in [6.45, 7) is 11.1. The number of carbonyl (C=O) groups excluding carboxylic acids is 2. The Hall–Kier alpha value is -2.16. The maximum atomic E-state index is 12.2. The molecule has 31 heavy (non-hydrogen) atoms. The van der Waals surface area contributed by atoms with E-state index in [1.165, 1.54) is 0 Å². The largest absolute Gasteiger partial charge is 0.492 e. The van der Waals surface area contributed by atoms with Gasteiger partial charge in [-0.15, -0.1) is 0 Å². The maximum Gasteiger partial charge on any atom is 0.313 e. The number of nitrogens with one attached hydrogen (secondary N) is 2. The highest BCUT2D eigenvalue weighted by atomic mass is 16.5. The molecule has 0 bridgehead atoms. The number of benzene rings is 1. The molecule has 0 aliphatic carbocycles. The first-order valence-corrected chi connectivity index (χ1v) is 11.5. The number of amides is 2. The van der Waals surface area contributed by atoms with E-state index in [0.29, 0.717) is 12.3 Å². The van der Waals surface area contributed by atoms with Crippen LogP contribution in [-0.4, -0.2) is 98.6 Å². The van der Waals surface area contributed by atoms with E-state index >= 15 is 0 Å². The third kappa shape index (κ3) is 7.79. The van der Waals surface area contributed by atoms with Crippen molar-refractivity contribution < 1.29 is 14.3 Å². The number of ether oxygens (including phenoxy) is 1. The second kappa shape index (κ2) is 12.0. The van der Waals surface area contributed by atoms with Gasteiger partial charge >= 0.3 is 11.8 Å². The zero-order chi connectivity index (χ0) is 22.1. The Bertz CT molecular complexity index is 696. The summed E-state index contributed by atoms with van der Waals surface area (Å²) in [5.74, 6) is -0.434. The molecule has 2 amide bonds. The van der Waals surface area contributed by atoms with Gasteiger partial charge in [-0.3, -0.25) is 14.5 Å². The first-order valence-electron chi connectivity index (χ1n) is 11.5. The summed E-state index contributed by atoms with van der Waals surface area (Å²) in [4.78, 5) is 31.6. The monoisotopic (exact) mass is 431 g/mol. The number of likely N-dealkylation sites (tertiary alicyclic amines) is 1. The molecular formula is C23H37N5O3. The first kappa shape index (κ1) is 23.5. The van der Waals surface area contributed by atoms with Crippen molar-refractivity contribution in [1.29, 1.82) is 0 Å². The summed E-state index contributed by atoms with van der Waals surface area (Å²) in [5, 5.41) is 5.53. The lowest BCUT2D eigenvalue weighted by Crippen LogP contribution is -2.47. The fraction of sp³-hybridized carbons (Fsp3) is 0.652. The van der Waals surface area contributed by atoms with Crippen LogP contribution in [0.5, 0.6) is 5.75 Å². The number of nitrogens with zero attached hydrogens (tertiary/aromatic N) is 3. The summed E-state index contributed by atoms with van der Waals surface area (Å²) >= 11 is 0. The molecule has 2 saturated heterocycles. The molecule has 2 fully saturated rings. The van der Waals surface area contributed by atoms with Crippen molar-refractivity contribution in [3.8, 4) is 5.75 Å². The van der Waals surface area contributed by atoms with Crippen LogP contribution in [-0.2, 0) is 9.59 Å². The van der Waals surface area contributed by atoms with Gasteiger partial charge in [0.25, 0.3) is 0 Å². The summed E-state index contributed by atoms with van der Waals surface area (Å²) < 4.78 is 5.82. The van der Waals surface area contributed by atoms with Crippen LogP contribution in [0.3, 0.4) is 0 Å². The van der Waals surface area contributed by atoms with Gasteiger partial charge in [-0.1, -0.05) is 6.92 Å². The third-order valence-electron chi connectivity index (χ3n) is 6.05. The number of hydrogen-bond donors (Lipinski definition) is 2. The van der Waals surface area contributed by atoms with Gasteiger partial charge in [0.05, 0.1) is 0 Å². The molecule has 0 unspecified atom stereocenters. The SMILES string of the molecule is CCCN1CCC(NC(=O)C(=O)Nc2ccc(OCCN3CCN(C)CC3)cc2)CC1. The summed E-state index contributed by atoms with van der Waals surface area (Å²) in [6, 6.07) is 7.24. The van der Waals surface area contributed by atoms with E-state index in [4.69, 9.17) is 4.74 Å². The second-order valence-electron chi connectivity index (χ2n) is 8.56. The Morgan fingerprint density at radius 3 is 2.23 bits per heavy atom. The highest BCUT2D eigenvalue weighted by Crippen LogP contribution is 2.16. The minimum atomic E-state index is -0.625. The van der Waals surface area contributed by atoms with E-state index < -0.39 is 11.8 Å². The van der Waals surface area contributed by atoms with Crippen LogP contribution in [0.1, 0.15) is 26.2 Å². The van der Waals surface area contributed by atoms with E-state index in [9.17, 15) is 9.59 Å². The quantitative estimate of drug-likeness (QED) is 0.603. The van der Waals surface area contributed by atoms with Gasteiger partial charge in [-0.2, -0.15) is 0 Å². The van der Waals surface area contributed by atoms with E-state index in [1.807, 2.05) is 12.1 Å². The Balaban J connectivity index is 1.35. The number of rotatable bonds is 8. The Kier molecular flexibility index (Phi) is 9.12. The fourth-order valence-corrected chi connectivity index (χ4v) is 4.05. The van der Waals surface area contributed by atoms with Crippen LogP contribution >= 0.6 is 0 Å². The second-order valence-corrected chi connectivity index (χ2v) is 8.56. The lowest BCUT2D eigenvalue weighted by atomic mass is 10.0. The van der Waals surface area contributed by atoms with Gasteiger partial charge in [0, 0.05) is 57.5 Å². The molecule has 2 N–H and O–H groups in total. The highest BCUT2D eigenvalue weighted by molar-refractivity contribution is 6.39.